The van der Waals surface area contributed by atoms with Gasteiger partial charge in [-0.3, -0.25) is 28.8 Å². The first kappa shape index (κ1) is 36.6. The van der Waals surface area contributed by atoms with Gasteiger partial charge in [-0.15, -0.1) is 0 Å². The maximum atomic E-state index is 12.9. The molecule has 0 aliphatic rings. The second-order valence-corrected chi connectivity index (χ2v) is 10.6. The highest BCUT2D eigenvalue weighted by molar-refractivity contribution is 7.98. The van der Waals surface area contributed by atoms with Gasteiger partial charge in [-0.25, -0.2) is 4.79 Å². The van der Waals surface area contributed by atoms with Gasteiger partial charge in [0, 0.05) is 6.42 Å². The Morgan fingerprint density at radius 1 is 0.750 bits per heavy atom. The van der Waals surface area contributed by atoms with Gasteiger partial charge in [0.15, 0.2) is 0 Å². The van der Waals surface area contributed by atoms with Crippen molar-refractivity contribution in [1.29, 1.82) is 0 Å². The minimum absolute atomic E-state index is 0.0189. The highest BCUT2D eigenvalue weighted by Crippen LogP contribution is 2.07. The van der Waals surface area contributed by atoms with E-state index in [1.54, 1.807) is 6.26 Å². The van der Waals surface area contributed by atoms with Crippen LogP contribution in [0.1, 0.15) is 53.4 Å². The summed E-state index contributed by atoms with van der Waals surface area (Å²) >= 11 is 1.41. The van der Waals surface area contributed by atoms with Crippen LogP contribution >= 0.6 is 11.8 Å². The van der Waals surface area contributed by atoms with Crippen molar-refractivity contribution in [3.63, 3.8) is 0 Å². The van der Waals surface area contributed by atoms with Crippen molar-refractivity contribution in [1.82, 2.24) is 26.6 Å². The second kappa shape index (κ2) is 18.8. The zero-order valence-electron chi connectivity index (χ0n) is 23.4. The van der Waals surface area contributed by atoms with Crippen LogP contribution in [-0.2, 0) is 33.6 Å². The van der Waals surface area contributed by atoms with E-state index in [9.17, 15) is 38.7 Å². The third-order valence-corrected chi connectivity index (χ3v) is 6.10. The zero-order valence-corrected chi connectivity index (χ0v) is 24.3. The predicted molar refractivity (Wildman–Crippen MR) is 147 cm³/mol. The Morgan fingerprint density at radius 2 is 1.32 bits per heavy atom. The van der Waals surface area contributed by atoms with Crippen molar-refractivity contribution in [3.05, 3.63) is 0 Å². The number of carboxylic acids is 2. The molecule has 0 fully saturated rings. The summed E-state index contributed by atoms with van der Waals surface area (Å²) in [5.41, 5.74) is 5.56. The SMILES string of the molecule is CSCCC(NC(=O)C(C)NC(=O)CNC(=O)C(CCC(=O)O)NC(=O)C(CC(C)C)NC(=O)C(C)N)C(=O)O. The molecule has 16 heteroatoms. The van der Waals surface area contributed by atoms with E-state index in [0.29, 0.717) is 5.75 Å². The summed E-state index contributed by atoms with van der Waals surface area (Å²) < 4.78 is 0. The highest BCUT2D eigenvalue weighted by Gasteiger charge is 2.29. The molecule has 0 spiro atoms. The van der Waals surface area contributed by atoms with Gasteiger partial charge in [0.25, 0.3) is 0 Å². The number of carbonyl (C=O) groups is 7. The Hall–Kier alpha value is -3.40. The first-order valence-corrected chi connectivity index (χ1v) is 14.2. The summed E-state index contributed by atoms with van der Waals surface area (Å²) in [6, 6.07) is -5.51. The lowest BCUT2D eigenvalue weighted by Crippen LogP contribution is -2.56. The van der Waals surface area contributed by atoms with Crippen LogP contribution in [0.5, 0.6) is 0 Å². The first-order chi connectivity index (χ1) is 18.6. The van der Waals surface area contributed by atoms with Crippen LogP contribution in [-0.4, -0.2) is 100 Å². The maximum absolute atomic E-state index is 12.9. The third kappa shape index (κ3) is 15.3. The molecular weight excluding hydrogens is 548 g/mol. The third-order valence-electron chi connectivity index (χ3n) is 5.45. The summed E-state index contributed by atoms with van der Waals surface area (Å²) in [5.74, 6) is -5.62. The monoisotopic (exact) mass is 590 g/mol. The lowest BCUT2D eigenvalue weighted by molar-refractivity contribution is -0.142. The fourth-order valence-corrected chi connectivity index (χ4v) is 3.72. The van der Waals surface area contributed by atoms with E-state index < -0.39 is 84.6 Å². The minimum atomic E-state index is -1.34. The normalized spacial score (nSPS) is 14.6. The van der Waals surface area contributed by atoms with Gasteiger partial charge >= 0.3 is 11.9 Å². The Labute approximate surface area is 237 Å². The zero-order chi connectivity index (χ0) is 31.0. The van der Waals surface area contributed by atoms with Gasteiger partial charge in [-0.1, -0.05) is 13.8 Å². The molecule has 0 aromatic rings. The van der Waals surface area contributed by atoms with Gasteiger partial charge in [0.05, 0.1) is 12.6 Å². The molecular formula is C24H42N6O9S. The van der Waals surface area contributed by atoms with Crippen molar-refractivity contribution in [2.45, 2.75) is 83.6 Å². The lowest BCUT2D eigenvalue weighted by atomic mass is 10.0. The van der Waals surface area contributed by atoms with Crippen molar-refractivity contribution >= 4 is 53.2 Å². The number of thioether (sulfide) groups is 1. The van der Waals surface area contributed by atoms with E-state index in [2.05, 4.69) is 26.6 Å². The predicted octanol–water partition coefficient (Wildman–Crippen LogP) is -1.84. The molecule has 0 bridgehead atoms. The number of nitrogens with one attached hydrogen (secondary N) is 5. The van der Waals surface area contributed by atoms with E-state index in [1.165, 1.54) is 25.6 Å². The van der Waals surface area contributed by atoms with Crippen LogP contribution in [0.2, 0.25) is 0 Å². The van der Waals surface area contributed by atoms with Crippen LogP contribution in [0.3, 0.4) is 0 Å². The molecule has 228 valence electrons. The average molecular weight is 591 g/mol. The molecule has 9 N–H and O–H groups in total. The molecule has 0 rings (SSSR count). The minimum Gasteiger partial charge on any atom is -0.481 e. The summed E-state index contributed by atoms with van der Waals surface area (Å²) in [6.07, 6.45) is 1.44. The molecule has 5 amide bonds. The number of amides is 5. The summed E-state index contributed by atoms with van der Waals surface area (Å²) in [4.78, 5) is 84.7. The topological polar surface area (TPSA) is 246 Å². The molecule has 0 aliphatic carbocycles. The van der Waals surface area contributed by atoms with E-state index in [-0.39, 0.29) is 25.2 Å². The summed E-state index contributed by atoms with van der Waals surface area (Å²) in [6.45, 7) is 5.80. The molecule has 40 heavy (non-hydrogen) atoms. The Kier molecular flexibility index (Phi) is 17.2. The number of hydrogen-bond acceptors (Lipinski definition) is 9. The fourth-order valence-electron chi connectivity index (χ4n) is 3.25. The number of hydrogen-bond donors (Lipinski definition) is 8. The average Bonchev–Trinajstić information content (AvgIpc) is 2.85. The number of carbonyl (C=O) groups excluding carboxylic acids is 5. The van der Waals surface area contributed by atoms with E-state index >= 15 is 0 Å². The smallest absolute Gasteiger partial charge is 0.326 e. The Balaban J connectivity index is 5.23. The summed E-state index contributed by atoms with van der Waals surface area (Å²) in [5, 5.41) is 30.2. The molecule has 0 saturated heterocycles. The molecule has 15 nitrogen and oxygen atoms in total. The number of nitrogens with two attached hydrogens (primary N) is 1. The van der Waals surface area contributed by atoms with Crippen LogP contribution < -0.4 is 32.3 Å². The van der Waals surface area contributed by atoms with Crippen molar-refractivity contribution in [3.8, 4) is 0 Å². The van der Waals surface area contributed by atoms with Gasteiger partial charge in [-0.05, 0) is 51.0 Å². The Bertz CT molecular complexity index is 915. The fraction of sp³-hybridized carbons (Fsp3) is 0.708. The largest absolute Gasteiger partial charge is 0.481 e. The lowest BCUT2D eigenvalue weighted by Gasteiger charge is -2.24. The van der Waals surface area contributed by atoms with Gasteiger partial charge in [0.2, 0.25) is 29.5 Å². The molecule has 0 heterocycles. The number of rotatable bonds is 19. The van der Waals surface area contributed by atoms with Crippen molar-refractivity contribution in [2.75, 3.05) is 18.6 Å². The quantitative estimate of drug-likeness (QED) is 0.0830. The molecule has 0 radical (unpaired) electrons. The summed E-state index contributed by atoms with van der Waals surface area (Å²) in [7, 11) is 0. The molecule has 0 aromatic carbocycles. The maximum Gasteiger partial charge on any atom is 0.326 e. The standard InChI is InChI=1S/C24H42N6O9S/c1-12(2)10-17(30-20(34)13(3)25)23(37)28-15(6-7-19(32)33)22(36)26-11-18(31)27-14(4)21(35)29-16(24(38)39)8-9-40-5/h12-17H,6-11,25H2,1-5H3,(H,26,36)(H,27,31)(H,28,37)(H,29,35)(H,30,34)(H,32,33)(H,38,39). The Morgan fingerprint density at radius 3 is 1.82 bits per heavy atom. The highest BCUT2D eigenvalue weighted by atomic mass is 32.2. The van der Waals surface area contributed by atoms with Gasteiger partial charge in [-0.2, -0.15) is 11.8 Å². The molecule has 5 unspecified atom stereocenters. The van der Waals surface area contributed by atoms with Crippen LogP contribution in [0.25, 0.3) is 0 Å². The number of aliphatic carboxylic acids is 2. The van der Waals surface area contributed by atoms with Crippen LogP contribution in [0.4, 0.5) is 0 Å². The van der Waals surface area contributed by atoms with Crippen LogP contribution in [0, 0.1) is 5.92 Å². The van der Waals surface area contributed by atoms with E-state index in [4.69, 9.17) is 10.8 Å². The first-order valence-electron chi connectivity index (χ1n) is 12.8. The molecule has 5 atom stereocenters. The molecule has 0 aromatic heterocycles. The van der Waals surface area contributed by atoms with Gasteiger partial charge < -0.3 is 42.5 Å². The molecule has 0 aliphatic heterocycles. The van der Waals surface area contributed by atoms with Crippen molar-refractivity contribution < 1.29 is 43.8 Å². The van der Waals surface area contributed by atoms with E-state index in [1.807, 2.05) is 13.8 Å². The van der Waals surface area contributed by atoms with Gasteiger partial charge in [0.1, 0.15) is 24.2 Å². The molecule has 0 saturated carbocycles. The van der Waals surface area contributed by atoms with Crippen molar-refractivity contribution in [2.24, 2.45) is 11.7 Å². The van der Waals surface area contributed by atoms with E-state index in [0.717, 1.165) is 0 Å². The number of carboxylic acid groups (broad SMARTS) is 2. The second-order valence-electron chi connectivity index (χ2n) is 9.66. The van der Waals surface area contributed by atoms with Crippen LogP contribution in [0.15, 0.2) is 0 Å².